The molecule has 1 atom stereocenters. The average molecular weight is 427 g/mol. The van der Waals surface area contributed by atoms with E-state index < -0.39 is 0 Å². The third-order valence-electron chi connectivity index (χ3n) is 6.25. The maximum absolute atomic E-state index is 13.2. The van der Waals surface area contributed by atoms with Crippen LogP contribution in [0.1, 0.15) is 29.7 Å². The van der Waals surface area contributed by atoms with Gasteiger partial charge in [0.1, 0.15) is 0 Å². The second-order valence-corrected chi connectivity index (χ2v) is 8.86. The smallest absolute Gasteiger partial charge is 0.236 e. The van der Waals surface area contributed by atoms with Crippen molar-refractivity contribution in [3.63, 3.8) is 0 Å². The number of amides is 1. The van der Waals surface area contributed by atoms with Crippen LogP contribution in [0.5, 0.6) is 0 Å². The van der Waals surface area contributed by atoms with Gasteiger partial charge in [0, 0.05) is 58.2 Å². The van der Waals surface area contributed by atoms with Gasteiger partial charge >= 0.3 is 0 Å². The van der Waals surface area contributed by atoms with Crippen LogP contribution in [0.2, 0.25) is 0 Å². The van der Waals surface area contributed by atoms with E-state index in [0.717, 1.165) is 56.0 Å². The van der Waals surface area contributed by atoms with Crippen molar-refractivity contribution in [1.82, 2.24) is 19.6 Å². The van der Waals surface area contributed by atoms with E-state index in [1.165, 1.54) is 0 Å². The standard InChI is InChI=1S/C24H34N4O3/c1-19-22(13-26(2)25-19)14-27-15-23(31-18-21-6-4-3-5-7-21)16-28(24(29)17-27)12-20-8-10-30-11-9-20/h3-7,13,20,23H,8-12,14-18H2,1-2H3/t23-/m1/s1. The molecule has 4 rings (SSSR count). The lowest BCUT2D eigenvalue weighted by Gasteiger charge is -2.30. The van der Waals surface area contributed by atoms with Crippen molar-refractivity contribution in [3.05, 3.63) is 53.3 Å². The fourth-order valence-electron chi connectivity index (χ4n) is 4.53. The number of nitrogens with zero attached hydrogens (tertiary/aromatic N) is 4. The topological polar surface area (TPSA) is 59.8 Å². The molecule has 0 saturated carbocycles. The summed E-state index contributed by atoms with van der Waals surface area (Å²) in [6, 6.07) is 10.2. The molecule has 3 heterocycles. The summed E-state index contributed by atoms with van der Waals surface area (Å²) >= 11 is 0. The first-order valence-electron chi connectivity index (χ1n) is 11.3. The molecule has 0 spiro atoms. The van der Waals surface area contributed by atoms with E-state index in [1.54, 1.807) is 0 Å². The second-order valence-electron chi connectivity index (χ2n) is 8.86. The lowest BCUT2D eigenvalue weighted by molar-refractivity contribution is -0.133. The summed E-state index contributed by atoms with van der Waals surface area (Å²) in [6.07, 6.45) is 4.07. The molecule has 31 heavy (non-hydrogen) atoms. The third-order valence-corrected chi connectivity index (χ3v) is 6.25. The second kappa shape index (κ2) is 10.4. The van der Waals surface area contributed by atoms with Crippen LogP contribution in [-0.4, -0.2) is 71.0 Å². The Labute approximate surface area is 184 Å². The van der Waals surface area contributed by atoms with Gasteiger partial charge in [-0.2, -0.15) is 5.10 Å². The Balaban J connectivity index is 1.45. The van der Waals surface area contributed by atoms with E-state index in [9.17, 15) is 4.79 Å². The van der Waals surface area contributed by atoms with Gasteiger partial charge in [0.15, 0.2) is 0 Å². The molecule has 0 bridgehead atoms. The highest BCUT2D eigenvalue weighted by molar-refractivity contribution is 5.78. The van der Waals surface area contributed by atoms with E-state index in [2.05, 4.69) is 22.1 Å². The summed E-state index contributed by atoms with van der Waals surface area (Å²) in [7, 11) is 1.94. The Morgan fingerprint density at radius 1 is 1.16 bits per heavy atom. The SMILES string of the molecule is Cc1nn(C)cc1CN1CC(=O)N(CC2CCOCC2)C[C@H](OCc2ccccc2)C1. The van der Waals surface area contributed by atoms with Gasteiger partial charge in [-0.05, 0) is 31.2 Å². The maximum Gasteiger partial charge on any atom is 0.236 e. The number of aromatic nitrogens is 2. The monoisotopic (exact) mass is 426 g/mol. The Morgan fingerprint density at radius 2 is 1.94 bits per heavy atom. The molecule has 2 aliphatic rings. The molecule has 1 aromatic heterocycles. The fraction of sp³-hybridized carbons (Fsp3) is 0.583. The number of benzene rings is 1. The Kier molecular flexibility index (Phi) is 7.37. The molecule has 0 N–H and O–H groups in total. The number of aryl methyl sites for hydroxylation is 2. The molecule has 2 fully saturated rings. The molecule has 7 heteroatoms. The van der Waals surface area contributed by atoms with Crippen molar-refractivity contribution in [2.75, 3.05) is 39.4 Å². The minimum Gasteiger partial charge on any atom is -0.381 e. The zero-order chi connectivity index (χ0) is 21.6. The summed E-state index contributed by atoms with van der Waals surface area (Å²) in [5.41, 5.74) is 3.33. The van der Waals surface area contributed by atoms with Gasteiger partial charge in [-0.25, -0.2) is 0 Å². The minimum absolute atomic E-state index is 0.0246. The quantitative estimate of drug-likeness (QED) is 0.680. The molecule has 2 aromatic rings. The summed E-state index contributed by atoms with van der Waals surface area (Å²) in [5, 5.41) is 4.46. The summed E-state index contributed by atoms with van der Waals surface area (Å²) in [5.74, 6) is 0.707. The van der Waals surface area contributed by atoms with Crippen LogP contribution in [0, 0.1) is 12.8 Å². The molecule has 1 aromatic carbocycles. The molecular weight excluding hydrogens is 392 g/mol. The van der Waals surface area contributed by atoms with Crippen molar-refractivity contribution < 1.29 is 14.3 Å². The van der Waals surface area contributed by atoms with E-state index in [4.69, 9.17) is 9.47 Å². The van der Waals surface area contributed by atoms with Crippen LogP contribution in [0.15, 0.2) is 36.5 Å². The summed E-state index contributed by atoms with van der Waals surface area (Å²) < 4.78 is 13.7. The summed E-state index contributed by atoms with van der Waals surface area (Å²) in [4.78, 5) is 17.4. The molecule has 2 aliphatic heterocycles. The molecule has 0 unspecified atom stereocenters. The molecule has 7 nitrogen and oxygen atoms in total. The molecule has 2 saturated heterocycles. The highest BCUT2D eigenvalue weighted by Gasteiger charge is 2.30. The highest BCUT2D eigenvalue weighted by atomic mass is 16.5. The van der Waals surface area contributed by atoms with Crippen molar-refractivity contribution >= 4 is 5.91 Å². The van der Waals surface area contributed by atoms with Crippen LogP contribution in [0.25, 0.3) is 0 Å². The van der Waals surface area contributed by atoms with Crippen LogP contribution >= 0.6 is 0 Å². The third kappa shape index (κ3) is 6.15. The van der Waals surface area contributed by atoms with Crippen molar-refractivity contribution in [2.24, 2.45) is 13.0 Å². The lowest BCUT2D eigenvalue weighted by atomic mass is 9.99. The molecule has 0 radical (unpaired) electrons. The van der Waals surface area contributed by atoms with E-state index in [0.29, 0.717) is 32.2 Å². The first-order valence-corrected chi connectivity index (χ1v) is 11.3. The number of carbonyl (C=O) groups excluding carboxylic acids is 1. The maximum atomic E-state index is 13.2. The zero-order valence-corrected chi connectivity index (χ0v) is 18.7. The predicted octanol–water partition coefficient (Wildman–Crippen LogP) is 2.38. The molecular formula is C24H34N4O3. The number of carbonyl (C=O) groups is 1. The van der Waals surface area contributed by atoms with Gasteiger partial charge < -0.3 is 14.4 Å². The van der Waals surface area contributed by atoms with Gasteiger partial charge in [-0.3, -0.25) is 14.4 Å². The van der Waals surface area contributed by atoms with Gasteiger partial charge in [-0.15, -0.1) is 0 Å². The highest BCUT2D eigenvalue weighted by Crippen LogP contribution is 2.20. The van der Waals surface area contributed by atoms with E-state index in [-0.39, 0.29) is 12.0 Å². The molecule has 1 amide bonds. The average Bonchev–Trinajstić information content (AvgIpc) is 3.00. The van der Waals surface area contributed by atoms with E-state index in [1.807, 2.05) is 47.9 Å². The fourth-order valence-corrected chi connectivity index (χ4v) is 4.53. The largest absolute Gasteiger partial charge is 0.381 e. The van der Waals surface area contributed by atoms with Gasteiger partial charge in [0.25, 0.3) is 0 Å². The van der Waals surface area contributed by atoms with E-state index >= 15 is 0 Å². The van der Waals surface area contributed by atoms with Gasteiger partial charge in [0.05, 0.1) is 24.9 Å². The number of hydrogen-bond acceptors (Lipinski definition) is 5. The van der Waals surface area contributed by atoms with Crippen molar-refractivity contribution in [2.45, 2.75) is 39.0 Å². The lowest BCUT2D eigenvalue weighted by Crippen LogP contribution is -2.42. The Hall–Kier alpha value is -2.22. The molecule has 168 valence electrons. The van der Waals surface area contributed by atoms with Gasteiger partial charge in [-0.1, -0.05) is 30.3 Å². The zero-order valence-electron chi connectivity index (χ0n) is 18.7. The first kappa shape index (κ1) is 22.0. The number of rotatable bonds is 7. The first-order chi connectivity index (χ1) is 15.1. The van der Waals surface area contributed by atoms with Gasteiger partial charge in [0.2, 0.25) is 5.91 Å². The van der Waals surface area contributed by atoms with Crippen LogP contribution in [0.3, 0.4) is 0 Å². The van der Waals surface area contributed by atoms with Crippen LogP contribution in [-0.2, 0) is 34.5 Å². The summed E-state index contributed by atoms with van der Waals surface area (Å²) in [6.45, 7) is 7.49. The van der Waals surface area contributed by atoms with Crippen molar-refractivity contribution in [3.8, 4) is 0 Å². The normalized spacial score (nSPS) is 21.4. The number of ether oxygens (including phenoxy) is 2. The predicted molar refractivity (Wildman–Crippen MR) is 118 cm³/mol. The Morgan fingerprint density at radius 3 is 2.65 bits per heavy atom. The van der Waals surface area contributed by atoms with Crippen molar-refractivity contribution in [1.29, 1.82) is 0 Å². The van der Waals surface area contributed by atoms with Crippen LogP contribution in [0.4, 0.5) is 0 Å². The van der Waals surface area contributed by atoms with Crippen LogP contribution < -0.4 is 0 Å². The Bertz CT molecular complexity index is 848. The minimum atomic E-state index is -0.0246. The molecule has 0 aliphatic carbocycles. The number of hydrogen-bond donors (Lipinski definition) is 0.